The Balaban J connectivity index is 2.01. The van der Waals surface area contributed by atoms with Gasteiger partial charge in [-0.2, -0.15) is 26.6 Å². The van der Waals surface area contributed by atoms with Crippen LogP contribution in [0.3, 0.4) is 0 Å². The van der Waals surface area contributed by atoms with E-state index in [1.807, 2.05) is 0 Å². The van der Waals surface area contributed by atoms with E-state index >= 15 is 0 Å². The summed E-state index contributed by atoms with van der Waals surface area (Å²) in [4.78, 5) is 8.30. The molecule has 0 N–H and O–H groups in total. The fourth-order valence-corrected chi connectivity index (χ4v) is 4.92. The number of ether oxygens (including phenoxy) is 3. The Morgan fingerprint density at radius 2 is 1.97 bits per heavy atom. The van der Waals surface area contributed by atoms with Crippen LogP contribution in [-0.4, -0.2) is 50.7 Å². The van der Waals surface area contributed by atoms with Crippen molar-refractivity contribution in [3.8, 4) is 11.6 Å². The number of nitrogens with zero attached hydrogens (tertiary/aromatic N) is 2. The zero-order valence-electron chi connectivity index (χ0n) is 19.9. The minimum absolute atomic E-state index is 0.0223. The summed E-state index contributed by atoms with van der Waals surface area (Å²) in [6.07, 6.45) is 0.860. The molecule has 37 heavy (non-hydrogen) atoms. The summed E-state index contributed by atoms with van der Waals surface area (Å²) in [5.41, 5.74) is -4.85. The average Bonchev–Trinajstić information content (AvgIpc) is 2.85. The molecule has 0 radical (unpaired) electrons. The van der Waals surface area contributed by atoms with E-state index in [1.165, 1.54) is 19.2 Å². The highest BCUT2D eigenvalue weighted by Gasteiger charge is 2.50. The molecule has 1 unspecified atom stereocenters. The summed E-state index contributed by atoms with van der Waals surface area (Å²) in [5.74, 6) is -0.967. The maximum Gasteiger partial charge on any atom is 0.534 e. The van der Waals surface area contributed by atoms with Gasteiger partial charge in [0.25, 0.3) is 0 Å². The van der Waals surface area contributed by atoms with E-state index in [9.17, 15) is 26.0 Å². The van der Waals surface area contributed by atoms with E-state index in [0.717, 1.165) is 11.8 Å². The molecular weight excluding hydrogens is 540 g/mol. The van der Waals surface area contributed by atoms with Gasteiger partial charge in [-0.1, -0.05) is 24.8 Å². The lowest BCUT2D eigenvalue weighted by Crippen LogP contribution is -2.30. The molecule has 0 fully saturated rings. The van der Waals surface area contributed by atoms with Gasteiger partial charge in [0, 0.05) is 13.5 Å². The van der Waals surface area contributed by atoms with Gasteiger partial charge in [-0.15, -0.1) is 0 Å². The highest BCUT2D eigenvalue weighted by Crippen LogP contribution is 2.44. The lowest BCUT2D eigenvalue weighted by molar-refractivity contribution is -0.0503. The van der Waals surface area contributed by atoms with E-state index in [1.54, 1.807) is 25.3 Å². The van der Waals surface area contributed by atoms with Gasteiger partial charge in [-0.3, -0.25) is 0 Å². The predicted octanol–water partition coefficient (Wildman–Crippen LogP) is 4.93. The van der Waals surface area contributed by atoms with E-state index < -0.39 is 33.4 Å². The van der Waals surface area contributed by atoms with Gasteiger partial charge >= 0.3 is 15.6 Å². The smallest absolute Gasteiger partial charge is 0.468 e. The zero-order valence-corrected chi connectivity index (χ0v) is 21.5. The third-order valence-electron chi connectivity index (χ3n) is 5.66. The van der Waals surface area contributed by atoms with E-state index in [4.69, 9.17) is 14.2 Å². The Kier molecular flexibility index (Phi) is 7.83. The molecule has 0 saturated carbocycles. The molecule has 1 atom stereocenters. The normalized spacial score (nSPS) is 16.0. The molecule has 1 aromatic heterocycles. The summed E-state index contributed by atoms with van der Waals surface area (Å²) >= 11 is 1.01. The Hall–Kier alpha value is -2.68. The van der Waals surface area contributed by atoms with Crippen LogP contribution in [0.1, 0.15) is 35.4 Å². The molecule has 14 heteroatoms. The molecule has 2 heterocycles. The van der Waals surface area contributed by atoms with Gasteiger partial charge in [0.15, 0.2) is 11.9 Å². The molecule has 4 rings (SSSR count). The second kappa shape index (κ2) is 10.6. The number of rotatable bonds is 8. The van der Waals surface area contributed by atoms with Crippen molar-refractivity contribution in [3.05, 3.63) is 52.5 Å². The molecule has 0 saturated heterocycles. The number of aromatic nitrogens is 2. The molecule has 200 valence electrons. The summed E-state index contributed by atoms with van der Waals surface area (Å²) in [7, 11) is -4.62. The van der Waals surface area contributed by atoms with Crippen molar-refractivity contribution in [3.63, 3.8) is 0 Å². The molecule has 0 amide bonds. The van der Waals surface area contributed by atoms with Crippen molar-refractivity contribution in [2.75, 3.05) is 26.8 Å². The molecular formula is C23H22F4N2O6S2. The SMILES string of the molecule is CCc1c(F)ccc2cc(OCOC)cc(C3OCCc4nc(SC)nc(OS(=O)(=O)C(F)(F)F)c43)c12. The number of aryl methyl sites for hydroxylation is 1. The number of methoxy groups -OCH3 is 1. The quantitative estimate of drug-likeness (QED) is 0.0946. The van der Waals surface area contributed by atoms with Crippen LogP contribution in [0.25, 0.3) is 10.8 Å². The van der Waals surface area contributed by atoms with Crippen molar-refractivity contribution in [2.24, 2.45) is 0 Å². The van der Waals surface area contributed by atoms with Crippen LogP contribution in [0.4, 0.5) is 17.6 Å². The van der Waals surface area contributed by atoms with Gasteiger partial charge in [-0.25, -0.2) is 9.37 Å². The van der Waals surface area contributed by atoms with Gasteiger partial charge in [0.2, 0.25) is 5.88 Å². The average molecular weight is 563 g/mol. The van der Waals surface area contributed by atoms with Crippen molar-refractivity contribution in [2.45, 2.75) is 36.5 Å². The Morgan fingerprint density at radius 3 is 2.62 bits per heavy atom. The largest absolute Gasteiger partial charge is 0.534 e. The molecule has 0 aliphatic carbocycles. The number of alkyl halides is 3. The standard InChI is InChI=1S/C23H22F4N2O6S2/c1-4-14-16(24)6-5-12-9-13(34-11-32-2)10-15(18(12)14)20-19-17(7-8-33-20)28-22(36-3)29-21(19)35-37(30,31)23(25,26)27/h5-6,9-10,20H,4,7-8,11H2,1-3H3. The lowest BCUT2D eigenvalue weighted by Gasteiger charge is -2.29. The summed E-state index contributed by atoms with van der Waals surface area (Å²) in [6, 6.07) is 6.05. The summed E-state index contributed by atoms with van der Waals surface area (Å²) < 4.78 is 99.4. The summed E-state index contributed by atoms with van der Waals surface area (Å²) in [5, 5.41) is 1.04. The number of thioether (sulfide) groups is 1. The molecule has 1 aliphatic rings. The number of fused-ring (bicyclic) bond motifs is 2. The maximum atomic E-state index is 14.8. The highest BCUT2D eigenvalue weighted by molar-refractivity contribution is 7.98. The second-order valence-corrected chi connectivity index (χ2v) is 10.2. The van der Waals surface area contributed by atoms with Crippen LogP contribution < -0.4 is 8.92 Å². The molecule has 2 aromatic carbocycles. The molecule has 0 bridgehead atoms. The number of benzene rings is 2. The first-order valence-electron chi connectivity index (χ1n) is 10.9. The molecule has 8 nitrogen and oxygen atoms in total. The van der Waals surface area contributed by atoms with Crippen LogP contribution >= 0.6 is 11.8 Å². The first kappa shape index (κ1) is 27.4. The number of halogens is 4. The van der Waals surface area contributed by atoms with E-state index in [0.29, 0.717) is 34.1 Å². The van der Waals surface area contributed by atoms with Gasteiger partial charge in [0.05, 0.1) is 17.9 Å². The topological polar surface area (TPSA) is 96.8 Å². The lowest BCUT2D eigenvalue weighted by atomic mass is 9.89. The van der Waals surface area contributed by atoms with E-state index in [2.05, 4.69) is 14.2 Å². The first-order chi connectivity index (χ1) is 17.5. The second-order valence-electron chi connectivity index (χ2n) is 7.90. The van der Waals surface area contributed by atoms with Crippen molar-refractivity contribution in [1.82, 2.24) is 9.97 Å². The first-order valence-corrected chi connectivity index (χ1v) is 13.6. The van der Waals surface area contributed by atoms with E-state index in [-0.39, 0.29) is 36.2 Å². The fraction of sp³-hybridized carbons (Fsp3) is 0.391. The molecule has 0 spiro atoms. The maximum absolute atomic E-state index is 14.8. The minimum Gasteiger partial charge on any atom is -0.468 e. The highest BCUT2D eigenvalue weighted by atomic mass is 32.2. The fourth-order valence-electron chi connectivity index (χ4n) is 4.12. The van der Waals surface area contributed by atoms with Gasteiger partial charge in [0.1, 0.15) is 17.7 Å². The number of hydrogen-bond acceptors (Lipinski definition) is 9. The zero-order chi connectivity index (χ0) is 27.0. The monoisotopic (exact) mass is 562 g/mol. The van der Waals surface area contributed by atoms with Crippen molar-refractivity contribution >= 4 is 32.7 Å². The van der Waals surface area contributed by atoms with Crippen LogP contribution in [-0.2, 0) is 32.4 Å². The molecule has 3 aromatic rings. The molecule has 1 aliphatic heterocycles. The number of hydrogen-bond donors (Lipinski definition) is 0. The van der Waals surface area contributed by atoms with Crippen LogP contribution in [0.15, 0.2) is 29.4 Å². The van der Waals surface area contributed by atoms with Gasteiger partial charge in [-0.05, 0) is 52.8 Å². The van der Waals surface area contributed by atoms with Crippen LogP contribution in [0, 0.1) is 5.82 Å². The predicted molar refractivity (Wildman–Crippen MR) is 127 cm³/mol. The third-order valence-corrected chi connectivity index (χ3v) is 7.15. The Morgan fingerprint density at radius 1 is 1.22 bits per heavy atom. The van der Waals surface area contributed by atoms with Crippen molar-refractivity contribution in [1.29, 1.82) is 0 Å². The summed E-state index contributed by atoms with van der Waals surface area (Å²) in [6.45, 7) is 1.76. The van der Waals surface area contributed by atoms with Crippen LogP contribution in [0.5, 0.6) is 11.6 Å². The van der Waals surface area contributed by atoms with Gasteiger partial charge < -0.3 is 18.4 Å². The van der Waals surface area contributed by atoms with Crippen LogP contribution in [0.2, 0.25) is 0 Å². The Bertz CT molecular complexity index is 1430. The third kappa shape index (κ3) is 5.33. The Labute approximate surface area is 214 Å². The van der Waals surface area contributed by atoms with Crippen molar-refractivity contribution < 1.29 is 44.4 Å². The minimum atomic E-state index is -6.05.